The van der Waals surface area contributed by atoms with Crippen LogP contribution in [0.3, 0.4) is 0 Å². The summed E-state index contributed by atoms with van der Waals surface area (Å²) >= 11 is 1.20. The molecule has 0 saturated carbocycles. The smallest absolute Gasteiger partial charge is 0.251 e. The van der Waals surface area contributed by atoms with E-state index in [1.54, 1.807) is 55.8 Å². The lowest BCUT2D eigenvalue weighted by atomic mass is 10.1. The number of hydrogen-bond donors (Lipinski definition) is 2. The van der Waals surface area contributed by atoms with Gasteiger partial charge in [0.05, 0.1) is 0 Å². The van der Waals surface area contributed by atoms with Crippen LogP contribution in [-0.2, 0) is 16.6 Å². The van der Waals surface area contributed by atoms with E-state index in [0.29, 0.717) is 11.1 Å². The molecule has 1 amide bonds. The van der Waals surface area contributed by atoms with Gasteiger partial charge < -0.3 is 5.32 Å². The van der Waals surface area contributed by atoms with Crippen LogP contribution < -0.4 is 10.0 Å². The van der Waals surface area contributed by atoms with E-state index in [4.69, 9.17) is 0 Å². The predicted octanol–water partition coefficient (Wildman–Crippen LogP) is 2.65. The fraction of sp³-hybridized carbons (Fsp3) is 0.111. The van der Waals surface area contributed by atoms with Gasteiger partial charge in [-0.05, 0) is 47.5 Å². The van der Waals surface area contributed by atoms with Crippen LogP contribution in [0.15, 0.2) is 65.1 Å². The SMILES string of the molecule is CNC(=O)c1cccc(CNS(=O)(=O)c2ccc(-c3ccncc3)s2)c1. The van der Waals surface area contributed by atoms with Crippen LogP contribution in [0.25, 0.3) is 10.4 Å². The number of nitrogens with zero attached hydrogens (tertiary/aromatic N) is 1. The second kappa shape index (κ2) is 7.77. The van der Waals surface area contributed by atoms with Crippen LogP contribution in [0.2, 0.25) is 0 Å². The molecule has 2 N–H and O–H groups in total. The maximum atomic E-state index is 12.5. The molecule has 26 heavy (non-hydrogen) atoms. The Morgan fingerprint density at radius 2 is 1.88 bits per heavy atom. The average Bonchev–Trinajstić information content (AvgIpc) is 3.18. The molecule has 0 aliphatic heterocycles. The molecule has 0 bridgehead atoms. The summed E-state index contributed by atoms with van der Waals surface area (Å²) in [5.74, 6) is -0.213. The lowest BCUT2D eigenvalue weighted by Gasteiger charge is -2.07. The van der Waals surface area contributed by atoms with Crippen LogP contribution >= 0.6 is 11.3 Å². The first-order chi connectivity index (χ1) is 12.5. The zero-order valence-electron chi connectivity index (χ0n) is 14.0. The standard InChI is InChI=1S/C18H17N3O3S2/c1-19-18(22)15-4-2-3-13(11-15)12-21-26(23,24)17-6-5-16(25-17)14-7-9-20-10-8-14/h2-11,21H,12H2,1H3,(H,19,22). The Bertz CT molecular complexity index is 1010. The monoisotopic (exact) mass is 387 g/mol. The number of rotatable bonds is 6. The molecule has 0 aliphatic carbocycles. The third kappa shape index (κ3) is 4.16. The van der Waals surface area contributed by atoms with Crippen LogP contribution in [0.4, 0.5) is 0 Å². The first kappa shape index (κ1) is 18.2. The maximum absolute atomic E-state index is 12.5. The van der Waals surface area contributed by atoms with Gasteiger partial charge in [0, 0.05) is 36.4 Å². The van der Waals surface area contributed by atoms with Gasteiger partial charge in [-0.3, -0.25) is 9.78 Å². The highest BCUT2D eigenvalue weighted by molar-refractivity contribution is 7.91. The van der Waals surface area contributed by atoms with Crippen molar-refractivity contribution >= 4 is 27.3 Å². The highest BCUT2D eigenvalue weighted by Crippen LogP contribution is 2.30. The normalized spacial score (nSPS) is 11.3. The van der Waals surface area contributed by atoms with Gasteiger partial charge in [0.1, 0.15) is 4.21 Å². The molecule has 6 nitrogen and oxygen atoms in total. The Labute approximate surface area is 156 Å². The van der Waals surface area contributed by atoms with Crippen molar-refractivity contribution in [2.24, 2.45) is 0 Å². The van der Waals surface area contributed by atoms with Crippen LogP contribution in [0.5, 0.6) is 0 Å². The fourth-order valence-electron chi connectivity index (χ4n) is 2.35. The molecule has 0 radical (unpaired) electrons. The molecular weight excluding hydrogens is 370 g/mol. The van der Waals surface area contributed by atoms with Gasteiger partial charge in [-0.2, -0.15) is 0 Å². The zero-order valence-corrected chi connectivity index (χ0v) is 15.6. The summed E-state index contributed by atoms with van der Waals surface area (Å²) in [6.45, 7) is 0.107. The highest BCUT2D eigenvalue weighted by Gasteiger charge is 2.17. The van der Waals surface area contributed by atoms with Gasteiger partial charge in [0.2, 0.25) is 10.0 Å². The lowest BCUT2D eigenvalue weighted by Crippen LogP contribution is -2.23. The fourth-order valence-corrected chi connectivity index (χ4v) is 4.73. The lowest BCUT2D eigenvalue weighted by molar-refractivity contribution is 0.0963. The van der Waals surface area contributed by atoms with E-state index in [1.165, 1.54) is 11.3 Å². The maximum Gasteiger partial charge on any atom is 0.251 e. The molecule has 8 heteroatoms. The molecule has 1 aromatic carbocycles. The molecular formula is C18H17N3O3S2. The van der Waals surface area contributed by atoms with Crippen molar-refractivity contribution in [3.8, 4) is 10.4 Å². The molecule has 2 aromatic heterocycles. The Balaban J connectivity index is 1.74. The van der Waals surface area contributed by atoms with Gasteiger partial charge in [-0.15, -0.1) is 11.3 Å². The minimum atomic E-state index is -3.63. The molecule has 3 rings (SSSR count). The van der Waals surface area contributed by atoms with E-state index < -0.39 is 10.0 Å². The van der Waals surface area contributed by atoms with Crippen molar-refractivity contribution in [2.75, 3.05) is 7.05 Å². The molecule has 2 heterocycles. The number of hydrogen-bond acceptors (Lipinski definition) is 5. The number of carbonyl (C=O) groups is 1. The number of pyridine rings is 1. The van der Waals surface area contributed by atoms with E-state index in [0.717, 1.165) is 10.4 Å². The van der Waals surface area contributed by atoms with E-state index in [1.807, 2.05) is 12.1 Å². The second-order valence-corrected chi connectivity index (χ2v) is 8.54. The van der Waals surface area contributed by atoms with Crippen LogP contribution in [-0.4, -0.2) is 26.4 Å². The van der Waals surface area contributed by atoms with Crippen LogP contribution in [0.1, 0.15) is 15.9 Å². The average molecular weight is 387 g/mol. The van der Waals surface area contributed by atoms with Gasteiger partial charge >= 0.3 is 0 Å². The van der Waals surface area contributed by atoms with E-state index >= 15 is 0 Å². The number of thiophene rings is 1. The van der Waals surface area contributed by atoms with E-state index in [-0.39, 0.29) is 16.7 Å². The zero-order chi connectivity index (χ0) is 18.6. The quantitative estimate of drug-likeness (QED) is 0.681. The first-order valence-corrected chi connectivity index (χ1v) is 10.1. The molecule has 0 atom stereocenters. The van der Waals surface area contributed by atoms with E-state index in [2.05, 4.69) is 15.0 Å². The third-order valence-electron chi connectivity index (χ3n) is 3.69. The summed E-state index contributed by atoms with van der Waals surface area (Å²) in [7, 11) is -2.08. The van der Waals surface area contributed by atoms with Crippen LogP contribution in [0, 0.1) is 0 Å². The number of aromatic nitrogens is 1. The van der Waals surface area contributed by atoms with Crippen molar-refractivity contribution in [2.45, 2.75) is 10.8 Å². The number of nitrogens with one attached hydrogen (secondary N) is 2. The Hall–Kier alpha value is -2.55. The van der Waals surface area contributed by atoms with Crippen molar-refractivity contribution in [1.29, 1.82) is 0 Å². The van der Waals surface area contributed by atoms with Crippen molar-refractivity contribution in [3.05, 3.63) is 72.1 Å². The molecule has 0 fully saturated rings. The number of amides is 1. The molecule has 0 aliphatic rings. The molecule has 0 saturated heterocycles. The van der Waals surface area contributed by atoms with Crippen molar-refractivity contribution < 1.29 is 13.2 Å². The topological polar surface area (TPSA) is 88.2 Å². The third-order valence-corrected chi connectivity index (χ3v) is 6.72. The summed E-state index contributed by atoms with van der Waals surface area (Å²) in [6, 6.07) is 13.9. The number of sulfonamides is 1. The summed E-state index contributed by atoms with van der Waals surface area (Å²) < 4.78 is 27.9. The Kier molecular flexibility index (Phi) is 5.46. The Morgan fingerprint density at radius 1 is 1.12 bits per heavy atom. The van der Waals surface area contributed by atoms with Gasteiger partial charge in [0.15, 0.2) is 0 Å². The number of benzene rings is 1. The second-order valence-electron chi connectivity index (χ2n) is 5.46. The summed E-state index contributed by atoms with van der Waals surface area (Å²) in [4.78, 5) is 16.5. The summed E-state index contributed by atoms with van der Waals surface area (Å²) in [6.07, 6.45) is 3.34. The largest absolute Gasteiger partial charge is 0.355 e. The predicted molar refractivity (Wildman–Crippen MR) is 101 cm³/mol. The first-order valence-electron chi connectivity index (χ1n) is 7.80. The van der Waals surface area contributed by atoms with Crippen molar-refractivity contribution in [1.82, 2.24) is 15.0 Å². The van der Waals surface area contributed by atoms with Gasteiger partial charge in [-0.1, -0.05) is 12.1 Å². The summed E-state index contributed by atoms with van der Waals surface area (Å²) in [5, 5.41) is 2.54. The summed E-state index contributed by atoms with van der Waals surface area (Å²) in [5.41, 5.74) is 2.12. The molecule has 0 spiro atoms. The van der Waals surface area contributed by atoms with Gasteiger partial charge in [0.25, 0.3) is 5.91 Å². The van der Waals surface area contributed by atoms with Crippen molar-refractivity contribution in [3.63, 3.8) is 0 Å². The number of carbonyl (C=O) groups excluding carboxylic acids is 1. The highest BCUT2D eigenvalue weighted by atomic mass is 32.2. The van der Waals surface area contributed by atoms with E-state index in [9.17, 15) is 13.2 Å². The molecule has 134 valence electrons. The Morgan fingerprint density at radius 3 is 2.62 bits per heavy atom. The minimum absolute atomic E-state index is 0.107. The molecule has 3 aromatic rings. The molecule has 0 unspecified atom stereocenters. The minimum Gasteiger partial charge on any atom is -0.355 e. The van der Waals surface area contributed by atoms with Gasteiger partial charge in [-0.25, -0.2) is 13.1 Å².